The van der Waals surface area contributed by atoms with Crippen LogP contribution >= 0.6 is 0 Å². The van der Waals surface area contributed by atoms with E-state index in [0.29, 0.717) is 12.8 Å². The van der Waals surface area contributed by atoms with Crippen molar-refractivity contribution < 1.29 is 24.2 Å². The smallest absolute Gasteiger partial charge is 0.306 e. The Balaban J connectivity index is 3.63. The number of esters is 2. The fourth-order valence-corrected chi connectivity index (χ4v) is 6.64. The Morgan fingerprint density at radius 2 is 0.625 bits per heavy atom. The first-order valence-corrected chi connectivity index (χ1v) is 25.7. The summed E-state index contributed by atoms with van der Waals surface area (Å²) in [6.07, 6.45) is 79.7. The summed E-state index contributed by atoms with van der Waals surface area (Å²) < 4.78 is 10.7. The van der Waals surface area contributed by atoms with Gasteiger partial charge in [-0.05, 0) is 109 Å². The van der Waals surface area contributed by atoms with Crippen LogP contribution in [0.5, 0.6) is 0 Å². The van der Waals surface area contributed by atoms with Crippen LogP contribution in [0.3, 0.4) is 0 Å². The lowest BCUT2D eigenvalue weighted by molar-refractivity contribution is -0.161. The highest BCUT2D eigenvalue weighted by Gasteiger charge is 2.16. The van der Waals surface area contributed by atoms with Gasteiger partial charge in [0.05, 0.1) is 6.61 Å². The quantitative estimate of drug-likeness (QED) is 0.0375. The number of hydrogen-bond acceptors (Lipinski definition) is 5. The maximum absolute atomic E-state index is 12.3. The summed E-state index contributed by atoms with van der Waals surface area (Å²) in [5.74, 6) is -0.640. The topological polar surface area (TPSA) is 72.8 Å². The molecule has 0 rings (SSSR count). The van der Waals surface area contributed by atoms with Crippen LogP contribution in [0.4, 0.5) is 0 Å². The number of allylic oxidation sites excluding steroid dienone is 22. The fourth-order valence-electron chi connectivity index (χ4n) is 6.64. The number of unbranched alkanes of at least 4 members (excludes halogenated alkanes) is 15. The molecule has 1 atom stereocenters. The molecular weight excluding hydrogens is 789 g/mol. The first-order chi connectivity index (χ1) is 31.6. The van der Waals surface area contributed by atoms with Crippen molar-refractivity contribution >= 4 is 11.9 Å². The van der Waals surface area contributed by atoms with Gasteiger partial charge in [-0.1, -0.05) is 218 Å². The molecule has 64 heavy (non-hydrogen) atoms. The molecule has 0 aromatic rings. The van der Waals surface area contributed by atoms with E-state index in [0.717, 1.165) is 116 Å². The van der Waals surface area contributed by atoms with Gasteiger partial charge in [-0.3, -0.25) is 9.59 Å². The second kappa shape index (κ2) is 53.4. The molecule has 0 aliphatic heterocycles. The molecule has 0 saturated heterocycles. The highest BCUT2D eigenvalue weighted by atomic mass is 16.6. The Morgan fingerprint density at radius 3 is 0.953 bits per heavy atom. The highest BCUT2D eigenvalue weighted by Crippen LogP contribution is 2.14. The van der Waals surface area contributed by atoms with Crippen LogP contribution < -0.4 is 0 Å². The molecule has 360 valence electrons. The zero-order chi connectivity index (χ0) is 46.3. The third-order valence-electron chi connectivity index (χ3n) is 10.4. The molecule has 5 heteroatoms. The number of aliphatic hydroxyl groups excluding tert-OH is 1. The molecule has 0 saturated carbocycles. The molecule has 0 aromatic carbocycles. The summed E-state index contributed by atoms with van der Waals surface area (Å²) in [4.78, 5) is 24.5. The number of rotatable bonds is 45. The van der Waals surface area contributed by atoms with E-state index in [1.54, 1.807) is 0 Å². The third-order valence-corrected chi connectivity index (χ3v) is 10.4. The monoisotopic (exact) mass is 883 g/mol. The fraction of sp³-hybridized carbons (Fsp3) is 0.593. The Hall–Kier alpha value is -3.96. The summed E-state index contributed by atoms with van der Waals surface area (Å²) in [6.45, 7) is 3.88. The van der Waals surface area contributed by atoms with Crippen LogP contribution in [0.1, 0.15) is 206 Å². The number of ether oxygens (including phenoxy) is 2. The van der Waals surface area contributed by atoms with Gasteiger partial charge < -0.3 is 14.6 Å². The van der Waals surface area contributed by atoms with E-state index in [-0.39, 0.29) is 25.2 Å². The summed E-state index contributed by atoms with van der Waals surface area (Å²) >= 11 is 0. The molecule has 1 N–H and O–H groups in total. The number of hydrogen-bond donors (Lipinski definition) is 1. The largest absolute Gasteiger partial charge is 0.462 e. The van der Waals surface area contributed by atoms with Crippen LogP contribution in [-0.2, 0) is 19.1 Å². The van der Waals surface area contributed by atoms with E-state index in [2.05, 4.69) is 148 Å². The minimum absolute atomic E-state index is 0.0894. The molecule has 0 heterocycles. The molecule has 5 nitrogen and oxygen atoms in total. The standard InChI is InChI=1S/C59H94O5/c1-3-5-7-9-11-13-15-17-19-21-23-25-27-29-31-33-35-37-39-41-43-45-47-49-51-53-58(61)63-56-57(55-60)64-59(62)54-52-50-48-46-44-42-40-38-36-34-32-30-28-26-24-22-20-18-16-14-12-10-8-6-4-2/h5-8,11-14,17-20,23-26,30,32,36,38,42,44,57,60H,3-4,9-10,15-16,21-22,27-29,31,33-35,37,39-41,43,45-56H2,1-2H3/b7-5-,8-6-,13-11-,14-12-,19-17-,20-18-,25-23-,26-24-,32-30-,38-36-,44-42-. The normalized spacial score (nSPS) is 13.4. The lowest BCUT2D eigenvalue weighted by Crippen LogP contribution is -2.28. The minimum atomic E-state index is -0.801. The van der Waals surface area contributed by atoms with Crippen molar-refractivity contribution in [2.24, 2.45) is 0 Å². The van der Waals surface area contributed by atoms with Gasteiger partial charge in [-0.15, -0.1) is 0 Å². The Morgan fingerprint density at radius 1 is 0.359 bits per heavy atom. The molecule has 0 fully saturated rings. The first-order valence-electron chi connectivity index (χ1n) is 25.7. The lowest BCUT2D eigenvalue weighted by atomic mass is 10.0. The van der Waals surface area contributed by atoms with Crippen LogP contribution in [0.2, 0.25) is 0 Å². The number of carbonyl (C=O) groups is 2. The predicted octanol–water partition coefficient (Wildman–Crippen LogP) is 17.3. The second-order valence-electron chi connectivity index (χ2n) is 16.5. The van der Waals surface area contributed by atoms with Crippen LogP contribution in [0, 0.1) is 0 Å². The Labute approximate surface area is 394 Å². The minimum Gasteiger partial charge on any atom is -0.462 e. The number of aliphatic hydroxyl groups is 1. The van der Waals surface area contributed by atoms with E-state index < -0.39 is 6.10 Å². The van der Waals surface area contributed by atoms with Gasteiger partial charge in [-0.25, -0.2) is 0 Å². The van der Waals surface area contributed by atoms with E-state index >= 15 is 0 Å². The summed E-state index contributed by atoms with van der Waals surface area (Å²) in [6, 6.07) is 0. The van der Waals surface area contributed by atoms with Crippen LogP contribution in [0.25, 0.3) is 0 Å². The summed E-state index contributed by atoms with van der Waals surface area (Å²) in [5.41, 5.74) is 0. The average molecular weight is 883 g/mol. The molecule has 0 spiro atoms. The number of carbonyl (C=O) groups excluding carboxylic acids is 2. The third kappa shape index (κ3) is 50.7. The van der Waals surface area contributed by atoms with Gasteiger partial charge >= 0.3 is 11.9 Å². The van der Waals surface area contributed by atoms with Gasteiger partial charge in [0, 0.05) is 12.8 Å². The molecule has 0 aromatic heterocycles. The van der Waals surface area contributed by atoms with Crippen LogP contribution in [-0.4, -0.2) is 36.4 Å². The zero-order valence-corrected chi connectivity index (χ0v) is 41.0. The summed E-state index contributed by atoms with van der Waals surface area (Å²) in [7, 11) is 0. The zero-order valence-electron chi connectivity index (χ0n) is 41.0. The molecular formula is C59H94O5. The highest BCUT2D eigenvalue weighted by molar-refractivity contribution is 5.70. The van der Waals surface area contributed by atoms with Crippen LogP contribution in [0.15, 0.2) is 134 Å². The SMILES string of the molecule is CC/C=C\C/C=C\C/C=C\C/C=C\C/C=C\C/C=C\C/C=C\CCCCCC(=O)OC(CO)COC(=O)CCCCCCCCCCCCCC/C=C\C/C=C\C/C=C\C/C=C\CC. The van der Waals surface area contributed by atoms with Gasteiger partial charge in [0.2, 0.25) is 0 Å². The van der Waals surface area contributed by atoms with E-state index in [1.165, 1.54) is 64.2 Å². The average Bonchev–Trinajstić information content (AvgIpc) is 3.30. The molecule has 0 bridgehead atoms. The van der Waals surface area contributed by atoms with Gasteiger partial charge in [0.1, 0.15) is 6.61 Å². The van der Waals surface area contributed by atoms with Gasteiger partial charge in [-0.2, -0.15) is 0 Å². The maximum Gasteiger partial charge on any atom is 0.306 e. The van der Waals surface area contributed by atoms with Gasteiger partial charge in [0.15, 0.2) is 6.10 Å². The first kappa shape index (κ1) is 60.0. The molecule has 0 amide bonds. The lowest BCUT2D eigenvalue weighted by Gasteiger charge is -2.15. The van der Waals surface area contributed by atoms with Crippen molar-refractivity contribution in [2.75, 3.05) is 13.2 Å². The van der Waals surface area contributed by atoms with E-state index in [9.17, 15) is 14.7 Å². The van der Waals surface area contributed by atoms with Crippen molar-refractivity contribution in [3.8, 4) is 0 Å². The maximum atomic E-state index is 12.3. The van der Waals surface area contributed by atoms with Crippen molar-refractivity contribution in [3.63, 3.8) is 0 Å². The van der Waals surface area contributed by atoms with Crippen molar-refractivity contribution in [2.45, 2.75) is 213 Å². The van der Waals surface area contributed by atoms with Gasteiger partial charge in [0.25, 0.3) is 0 Å². The van der Waals surface area contributed by atoms with Crippen molar-refractivity contribution in [1.29, 1.82) is 0 Å². The molecule has 1 unspecified atom stereocenters. The molecule has 0 aliphatic carbocycles. The predicted molar refractivity (Wildman–Crippen MR) is 278 cm³/mol. The van der Waals surface area contributed by atoms with E-state index in [4.69, 9.17) is 9.47 Å². The second-order valence-corrected chi connectivity index (χ2v) is 16.5. The van der Waals surface area contributed by atoms with Crippen molar-refractivity contribution in [1.82, 2.24) is 0 Å². The van der Waals surface area contributed by atoms with Crippen molar-refractivity contribution in [3.05, 3.63) is 134 Å². The Kier molecular flexibility index (Phi) is 50.1. The molecule has 0 aliphatic rings. The summed E-state index contributed by atoms with van der Waals surface area (Å²) in [5, 5.41) is 9.63. The Bertz CT molecular complexity index is 1370. The molecule has 0 radical (unpaired) electrons. The van der Waals surface area contributed by atoms with E-state index in [1.807, 2.05) is 0 Å².